The highest BCUT2D eigenvalue weighted by atomic mass is 16.5. The first-order valence-corrected chi connectivity index (χ1v) is 6.09. The van der Waals surface area contributed by atoms with Gasteiger partial charge in [0.05, 0.1) is 13.2 Å². The molecule has 0 amide bonds. The van der Waals surface area contributed by atoms with Crippen LogP contribution in [0.3, 0.4) is 0 Å². The first kappa shape index (κ1) is 11.9. The maximum absolute atomic E-state index is 10.8. The zero-order chi connectivity index (χ0) is 11.6. The van der Waals surface area contributed by atoms with Gasteiger partial charge in [-0.2, -0.15) is 0 Å². The number of rotatable bonds is 4. The maximum atomic E-state index is 10.8. The predicted octanol–water partition coefficient (Wildman–Crippen LogP) is 1.21. The molecule has 1 aliphatic carbocycles. The Morgan fingerprint density at radius 2 is 2.38 bits per heavy atom. The summed E-state index contributed by atoms with van der Waals surface area (Å²) in [5, 5.41) is 8.85. The summed E-state index contributed by atoms with van der Waals surface area (Å²) >= 11 is 0. The summed E-state index contributed by atoms with van der Waals surface area (Å²) in [5.74, 6) is -0.0771. The van der Waals surface area contributed by atoms with Gasteiger partial charge in [-0.05, 0) is 18.8 Å². The van der Waals surface area contributed by atoms with Crippen LogP contribution in [0.1, 0.15) is 25.7 Å². The van der Waals surface area contributed by atoms with Gasteiger partial charge in [-0.15, -0.1) is 0 Å². The van der Waals surface area contributed by atoms with Crippen LogP contribution in [0.25, 0.3) is 0 Å². The third kappa shape index (κ3) is 2.23. The van der Waals surface area contributed by atoms with Crippen molar-refractivity contribution in [2.75, 3.05) is 33.4 Å². The Balaban J connectivity index is 2.04. The summed E-state index contributed by atoms with van der Waals surface area (Å²) in [6.07, 6.45) is 4.99. The highest BCUT2D eigenvalue weighted by Gasteiger charge is 2.47. The van der Waals surface area contributed by atoms with Crippen molar-refractivity contribution >= 4 is 5.97 Å². The molecule has 0 aromatic rings. The van der Waals surface area contributed by atoms with Gasteiger partial charge in [-0.1, -0.05) is 12.8 Å². The summed E-state index contributed by atoms with van der Waals surface area (Å²) in [4.78, 5) is 12.8. The number of aliphatic carboxylic acids is 1. The minimum atomic E-state index is -0.716. The van der Waals surface area contributed by atoms with E-state index in [0.717, 1.165) is 19.7 Å². The SMILES string of the molecule is COC[C@@]12CCCC[C@@H]1CN(CC(=O)O)C2. The number of carboxylic acids is 1. The average Bonchev–Trinajstić information content (AvgIpc) is 2.54. The van der Waals surface area contributed by atoms with Gasteiger partial charge in [0, 0.05) is 25.6 Å². The molecule has 2 atom stereocenters. The third-order valence-corrected chi connectivity index (χ3v) is 4.15. The van der Waals surface area contributed by atoms with E-state index in [0.29, 0.717) is 5.92 Å². The summed E-state index contributed by atoms with van der Waals surface area (Å²) in [5.41, 5.74) is 0.239. The van der Waals surface area contributed by atoms with Crippen LogP contribution in [0.4, 0.5) is 0 Å². The topological polar surface area (TPSA) is 49.8 Å². The first-order chi connectivity index (χ1) is 7.66. The lowest BCUT2D eigenvalue weighted by atomic mass is 9.69. The molecule has 0 aromatic heterocycles. The standard InChI is InChI=1S/C12H21NO3/c1-16-9-12-5-3-2-4-10(12)6-13(8-12)7-11(14)15/h10H,2-9H2,1H3,(H,14,15)/t10-,12+/m1/s1. The van der Waals surface area contributed by atoms with Gasteiger partial charge in [0.15, 0.2) is 0 Å². The molecule has 4 heteroatoms. The molecule has 2 fully saturated rings. The van der Waals surface area contributed by atoms with E-state index in [1.807, 2.05) is 0 Å². The zero-order valence-corrected chi connectivity index (χ0v) is 9.95. The molecule has 2 aliphatic rings. The molecule has 1 saturated carbocycles. The molecular formula is C12H21NO3. The van der Waals surface area contributed by atoms with Gasteiger partial charge in [-0.25, -0.2) is 0 Å². The smallest absolute Gasteiger partial charge is 0.317 e. The minimum absolute atomic E-state index is 0.183. The van der Waals surface area contributed by atoms with Crippen LogP contribution in [0.2, 0.25) is 0 Å². The normalized spacial score (nSPS) is 34.9. The molecule has 0 spiro atoms. The second-order valence-electron chi connectivity index (χ2n) is 5.30. The van der Waals surface area contributed by atoms with Gasteiger partial charge in [0.2, 0.25) is 0 Å². The van der Waals surface area contributed by atoms with Crippen molar-refractivity contribution in [3.8, 4) is 0 Å². The number of nitrogens with zero attached hydrogens (tertiary/aromatic N) is 1. The largest absolute Gasteiger partial charge is 0.480 e. The van der Waals surface area contributed by atoms with Crippen LogP contribution in [0.5, 0.6) is 0 Å². The monoisotopic (exact) mass is 227 g/mol. The molecule has 1 heterocycles. The Hall–Kier alpha value is -0.610. The number of fused-ring (bicyclic) bond motifs is 1. The second-order valence-corrected chi connectivity index (χ2v) is 5.30. The lowest BCUT2D eigenvalue weighted by molar-refractivity contribution is -0.138. The van der Waals surface area contributed by atoms with Crippen LogP contribution in [0, 0.1) is 11.3 Å². The summed E-state index contributed by atoms with van der Waals surface area (Å²) in [6.45, 7) is 2.81. The minimum Gasteiger partial charge on any atom is -0.480 e. The number of carbonyl (C=O) groups is 1. The van der Waals surface area contributed by atoms with E-state index in [-0.39, 0.29) is 12.0 Å². The fraction of sp³-hybridized carbons (Fsp3) is 0.917. The highest BCUT2D eigenvalue weighted by molar-refractivity contribution is 5.69. The fourth-order valence-electron chi connectivity index (χ4n) is 3.53. The van der Waals surface area contributed by atoms with E-state index in [9.17, 15) is 4.79 Å². The number of methoxy groups -OCH3 is 1. The molecule has 92 valence electrons. The summed E-state index contributed by atoms with van der Waals surface area (Å²) in [6, 6.07) is 0. The lowest BCUT2D eigenvalue weighted by Crippen LogP contribution is -2.38. The predicted molar refractivity (Wildman–Crippen MR) is 60.3 cm³/mol. The van der Waals surface area contributed by atoms with Crippen LogP contribution >= 0.6 is 0 Å². The molecule has 1 saturated heterocycles. The van der Waals surface area contributed by atoms with E-state index in [1.165, 1.54) is 25.7 Å². The van der Waals surface area contributed by atoms with Gasteiger partial charge < -0.3 is 9.84 Å². The summed E-state index contributed by atoms with van der Waals surface area (Å²) < 4.78 is 5.37. The quantitative estimate of drug-likeness (QED) is 0.784. The average molecular weight is 227 g/mol. The van der Waals surface area contributed by atoms with E-state index >= 15 is 0 Å². The van der Waals surface area contributed by atoms with Gasteiger partial charge >= 0.3 is 5.97 Å². The van der Waals surface area contributed by atoms with E-state index in [4.69, 9.17) is 9.84 Å². The van der Waals surface area contributed by atoms with Crippen molar-refractivity contribution in [1.29, 1.82) is 0 Å². The Labute approximate surface area is 96.6 Å². The van der Waals surface area contributed by atoms with Crippen molar-refractivity contribution in [3.05, 3.63) is 0 Å². The molecule has 1 aliphatic heterocycles. The molecule has 0 bridgehead atoms. The maximum Gasteiger partial charge on any atom is 0.317 e. The number of likely N-dealkylation sites (tertiary alicyclic amines) is 1. The van der Waals surface area contributed by atoms with Crippen molar-refractivity contribution in [2.24, 2.45) is 11.3 Å². The zero-order valence-electron chi connectivity index (χ0n) is 9.95. The van der Waals surface area contributed by atoms with Gasteiger partial charge in [0.25, 0.3) is 0 Å². The number of hydrogen-bond donors (Lipinski definition) is 1. The molecule has 4 nitrogen and oxygen atoms in total. The molecule has 0 aromatic carbocycles. The number of hydrogen-bond acceptors (Lipinski definition) is 3. The fourth-order valence-corrected chi connectivity index (χ4v) is 3.53. The molecule has 16 heavy (non-hydrogen) atoms. The first-order valence-electron chi connectivity index (χ1n) is 6.09. The van der Waals surface area contributed by atoms with Crippen molar-refractivity contribution in [2.45, 2.75) is 25.7 Å². The third-order valence-electron chi connectivity index (χ3n) is 4.15. The van der Waals surface area contributed by atoms with Crippen molar-refractivity contribution in [3.63, 3.8) is 0 Å². The molecular weight excluding hydrogens is 206 g/mol. The Bertz CT molecular complexity index is 265. The molecule has 1 N–H and O–H groups in total. The van der Waals surface area contributed by atoms with Crippen LogP contribution in [-0.4, -0.2) is 49.3 Å². The second kappa shape index (κ2) is 4.72. The lowest BCUT2D eigenvalue weighted by Gasteiger charge is -2.38. The van der Waals surface area contributed by atoms with Gasteiger partial charge in [0.1, 0.15) is 0 Å². The Morgan fingerprint density at radius 1 is 1.56 bits per heavy atom. The van der Waals surface area contributed by atoms with Crippen LogP contribution in [-0.2, 0) is 9.53 Å². The van der Waals surface area contributed by atoms with E-state index < -0.39 is 5.97 Å². The number of carboxylic acid groups (broad SMARTS) is 1. The van der Waals surface area contributed by atoms with Gasteiger partial charge in [-0.3, -0.25) is 9.69 Å². The van der Waals surface area contributed by atoms with Crippen molar-refractivity contribution < 1.29 is 14.6 Å². The molecule has 2 rings (SSSR count). The number of ether oxygens (including phenoxy) is 1. The van der Waals surface area contributed by atoms with Crippen LogP contribution in [0.15, 0.2) is 0 Å². The van der Waals surface area contributed by atoms with E-state index in [1.54, 1.807) is 7.11 Å². The highest BCUT2D eigenvalue weighted by Crippen LogP contribution is 2.46. The molecule has 0 unspecified atom stereocenters. The van der Waals surface area contributed by atoms with Crippen molar-refractivity contribution in [1.82, 2.24) is 4.90 Å². The molecule has 0 radical (unpaired) electrons. The Kier molecular flexibility index (Phi) is 3.50. The van der Waals surface area contributed by atoms with Crippen LogP contribution < -0.4 is 0 Å². The van der Waals surface area contributed by atoms with E-state index in [2.05, 4.69) is 4.90 Å². The summed E-state index contributed by atoms with van der Waals surface area (Å²) in [7, 11) is 1.75. The Morgan fingerprint density at radius 3 is 3.06 bits per heavy atom.